The van der Waals surface area contributed by atoms with Crippen molar-refractivity contribution in [2.45, 2.75) is 20.3 Å². The van der Waals surface area contributed by atoms with Gasteiger partial charge in [-0.3, -0.25) is 9.78 Å². The van der Waals surface area contributed by atoms with E-state index in [2.05, 4.69) is 4.98 Å². The maximum absolute atomic E-state index is 12.1. The highest BCUT2D eigenvalue weighted by Crippen LogP contribution is 2.16. The molecule has 0 bridgehead atoms. The predicted octanol–water partition coefficient (Wildman–Crippen LogP) is 2.78. The second-order valence-electron chi connectivity index (χ2n) is 3.63. The molecule has 0 atom stereocenters. The van der Waals surface area contributed by atoms with Gasteiger partial charge in [0.15, 0.2) is 5.78 Å². The molecule has 0 aliphatic heterocycles. The Balaban J connectivity index is 2.35. The van der Waals surface area contributed by atoms with Crippen molar-refractivity contribution in [2.24, 2.45) is 0 Å². The Labute approximate surface area is 94.1 Å². The highest BCUT2D eigenvalue weighted by atomic mass is 16.3. The molecule has 0 N–H and O–H groups in total. The van der Waals surface area contributed by atoms with Gasteiger partial charge in [0, 0.05) is 23.9 Å². The van der Waals surface area contributed by atoms with E-state index in [1.165, 1.54) is 0 Å². The second kappa shape index (κ2) is 4.31. The lowest BCUT2D eigenvalue weighted by atomic mass is 10.0. The predicted molar refractivity (Wildman–Crippen MR) is 60.5 cm³/mol. The molecule has 3 heteroatoms. The third-order valence-corrected chi connectivity index (χ3v) is 2.48. The van der Waals surface area contributed by atoms with Crippen LogP contribution in [0.25, 0.3) is 0 Å². The minimum absolute atomic E-state index is 0.0295. The molecule has 0 aromatic carbocycles. The van der Waals surface area contributed by atoms with Gasteiger partial charge in [0.1, 0.15) is 5.76 Å². The van der Waals surface area contributed by atoms with Gasteiger partial charge in [0.05, 0.1) is 11.8 Å². The lowest BCUT2D eigenvalue weighted by Gasteiger charge is -2.00. The zero-order valence-electron chi connectivity index (χ0n) is 9.36. The van der Waals surface area contributed by atoms with Crippen molar-refractivity contribution in [1.29, 1.82) is 0 Å². The van der Waals surface area contributed by atoms with Crippen LogP contribution in [0, 0.1) is 6.92 Å². The molecule has 2 heterocycles. The third kappa shape index (κ3) is 1.89. The SMILES string of the molecule is CCc1occc1C(=O)c1ccc(C)nc1. The van der Waals surface area contributed by atoms with Gasteiger partial charge >= 0.3 is 0 Å². The summed E-state index contributed by atoms with van der Waals surface area (Å²) in [4.78, 5) is 16.2. The number of nitrogens with zero attached hydrogens (tertiary/aromatic N) is 1. The Kier molecular flexibility index (Phi) is 2.86. The molecule has 0 radical (unpaired) electrons. The highest BCUT2D eigenvalue weighted by Gasteiger charge is 2.15. The number of rotatable bonds is 3. The first-order valence-corrected chi connectivity index (χ1v) is 5.26. The van der Waals surface area contributed by atoms with Crippen LogP contribution in [0.5, 0.6) is 0 Å². The largest absolute Gasteiger partial charge is 0.469 e. The molecule has 0 saturated carbocycles. The molecule has 82 valence electrons. The average Bonchev–Trinajstić information content (AvgIpc) is 2.77. The van der Waals surface area contributed by atoms with Crippen LogP contribution < -0.4 is 0 Å². The number of furan rings is 1. The fraction of sp³-hybridized carbons (Fsp3) is 0.231. The third-order valence-electron chi connectivity index (χ3n) is 2.48. The fourth-order valence-corrected chi connectivity index (χ4v) is 1.57. The number of aryl methyl sites for hydroxylation is 2. The van der Waals surface area contributed by atoms with E-state index in [-0.39, 0.29) is 5.78 Å². The van der Waals surface area contributed by atoms with Gasteiger partial charge in [-0.1, -0.05) is 6.92 Å². The molecule has 0 spiro atoms. The number of carbonyl (C=O) groups is 1. The molecule has 2 aromatic heterocycles. The van der Waals surface area contributed by atoms with Gasteiger partial charge in [-0.25, -0.2) is 0 Å². The van der Waals surface area contributed by atoms with Crippen molar-refractivity contribution in [2.75, 3.05) is 0 Å². The number of carbonyl (C=O) groups excluding carboxylic acids is 1. The molecule has 16 heavy (non-hydrogen) atoms. The lowest BCUT2D eigenvalue weighted by molar-refractivity contribution is 0.103. The Hall–Kier alpha value is -1.90. The maximum Gasteiger partial charge on any atom is 0.198 e. The summed E-state index contributed by atoms with van der Waals surface area (Å²) >= 11 is 0. The van der Waals surface area contributed by atoms with Gasteiger partial charge in [-0.15, -0.1) is 0 Å². The van der Waals surface area contributed by atoms with Crippen LogP contribution in [0.15, 0.2) is 35.1 Å². The van der Waals surface area contributed by atoms with Crippen molar-refractivity contribution in [3.8, 4) is 0 Å². The minimum Gasteiger partial charge on any atom is -0.469 e. The smallest absolute Gasteiger partial charge is 0.198 e. The maximum atomic E-state index is 12.1. The van der Waals surface area contributed by atoms with Gasteiger partial charge < -0.3 is 4.42 Å². The number of ketones is 1. The van der Waals surface area contributed by atoms with E-state index in [1.54, 1.807) is 24.6 Å². The fourth-order valence-electron chi connectivity index (χ4n) is 1.57. The molecule has 0 unspecified atom stereocenters. The molecule has 2 aromatic rings. The van der Waals surface area contributed by atoms with Gasteiger partial charge in [-0.05, 0) is 25.1 Å². The molecule has 0 amide bonds. The summed E-state index contributed by atoms with van der Waals surface area (Å²) in [5.74, 6) is 0.698. The number of aromatic nitrogens is 1. The first-order chi connectivity index (χ1) is 7.72. The summed E-state index contributed by atoms with van der Waals surface area (Å²) in [6.07, 6.45) is 3.87. The molecule has 2 rings (SSSR count). The summed E-state index contributed by atoms with van der Waals surface area (Å²) in [6, 6.07) is 5.33. The molecule has 0 aliphatic carbocycles. The first-order valence-electron chi connectivity index (χ1n) is 5.26. The van der Waals surface area contributed by atoms with Crippen molar-refractivity contribution < 1.29 is 9.21 Å². The molecule has 3 nitrogen and oxygen atoms in total. The van der Waals surface area contributed by atoms with E-state index in [1.807, 2.05) is 19.9 Å². The lowest BCUT2D eigenvalue weighted by Crippen LogP contribution is -2.03. The zero-order chi connectivity index (χ0) is 11.5. The second-order valence-corrected chi connectivity index (χ2v) is 3.63. The normalized spacial score (nSPS) is 10.4. The van der Waals surface area contributed by atoms with Crippen LogP contribution in [0.1, 0.15) is 34.3 Å². The van der Waals surface area contributed by atoms with E-state index in [0.717, 1.165) is 11.5 Å². The van der Waals surface area contributed by atoms with Crippen molar-refractivity contribution >= 4 is 5.78 Å². The first kappa shape index (κ1) is 10.6. The minimum atomic E-state index is -0.0295. The molecule has 0 aliphatic rings. The van der Waals surface area contributed by atoms with Crippen LogP contribution in [-0.4, -0.2) is 10.8 Å². The van der Waals surface area contributed by atoms with Crippen LogP contribution in [0.2, 0.25) is 0 Å². The highest BCUT2D eigenvalue weighted by molar-refractivity contribution is 6.09. The molecular weight excluding hydrogens is 202 g/mol. The number of hydrogen-bond acceptors (Lipinski definition) is 3. The van der Waals surface area contributed by atoms with Crippen molar-refractivity contribution in [3.63, 3.8) is 0 Å². The van der Waals surface area contributed by atoms with Crippen LogP contribution in [0.3, 0.4) is 0 Å². The van der Waals surface area contributed by atoms with Crippen LogP contribution >= 0.6 is 0 Å². The molecule has 0 saturated heterocycles. The van der Waals surface area contributed by atoms with Crippen LogP contribution in [0.4, 0.5) is 0 Å². The zero-order valence-corrected chi connectivity index (χ0v) is 9.36. The summed E-state index contributed by atoms with van der Waals surface area (Å²) in [6.45, 7) is 3.85. The van der Waals surface area contributed by atoms with E-state index in [9.17, 15) is 4.79 Å². The van der Waals surface area contributed by atoms with E-state index >= 15 is 0 Å². The Bertz CT molecular complexity index is 497. The summed E-state index contributed by atoms with van der Waals surface area (Å²) in [5, 5.41) is 0. The topological polar surface area (TPSA) is 43.1 Å². The van der Waals surface area contributed by atoms with E-state index in [0.29, 0.717) is 17.5 Å². The van der Waals surface area contributed by atoms with Gasteiger partial charge in [-0.2, -0.15) is 0 Å². The Morgan fingerprint density at radius 3 is 2.81 bits per heavy atom. The standard InChI is InChI=1S/C13H13NO2/c1-3-12-11(6-7-16-12)13(15)10-5-4-9(2)14-8-10/h4-8H,3H2,1-2H3. The Morgan fingerprint density at radius 2 is 2.19 bits per heavy atom. The molecular formula is C13H13NO2. The number of pyridine rings is 1. The number of hydrogen-bond donors (Lipinski definition) is 0. The summed E-state index contributed by atoms with van der Waals surface area (Å²) in [5.41, 5.74) is 2.13. The van der Waals surface area contributed by atoms with Gasteiger partial charge in [0.2, 0.25) is 0 Å². The monoisotopic (exact) mass is 215 g/mol. The van der Waals surface area contributed by atoms with E-state index < -0.39 is 0 Å². The van der Waals surface area contributed by atoms with Crippen LogP contribution in [-0.2, 0) is 6.42 Å². The van der Waals surface area contributed by atoms with Crippen molar-refractivity contribution in [3.05, 3.63) is 53.2 Å². The summed E-state index contributed by atoms with van der Waals surface area (Å²) < 4.78 is 5.24. The summed E-state index contributed by atoms with van der Waals surface area (Å²) in [7, 11) is 0. The molecule has 0 fully saturated rings. The van der Waals surface area contributed by atoms with E-state index in [4.69, 9.17) is 4.42 Å². The average molecular weight is 215 g/mol. The van der Waals surface area contributed by atoms with Crippen molar-refractivity contribution in [1.82, 2.24) is 4.98 Å². The van der Waals surface area contributed by atoms with Gasteiger partial charge in [0.25, 0.3) is 0 Å². The quantitative estimate of drug-likeness (QED) is 0.739. The Morgan fingerprint density at radius 1 is 1.38 bits per heavy atom.